The number of hydrogen-bond donors (Lipinski definition) is 1. The fourth-order valence-electron chi connectivity index (χ4n) is 2.67. The van der Waals surface area contributed by atoms with Gasteiger partial charge in [0.15, 0.2) is 11.5 Å². The average Bonchev–Trinajstić information content (AvgIpc) is 3.24. The highest BCUT2D eigenvalue weighted by Gasteiger charge is 2.28. The van der Waals surface area contributed by atoms with Gasteiger partial charge in [0.05, 0.1) is 13.2 Å². The predicted octanol–water partition coefficient (Wildman–Crippen LogP) is 3.30. The van der Waals surface area contributed by atoms with Crippen LogP contribution in [0.5, 0.6) is 11.5 Å². The van der Waals surface area contributed by atoms with E-state index in [9.17, 15) is 0 Å². The molecule has 3 heteroatoms. The average molecular weight is 261 g/mol. The largest absolute Gasteiger partial charge is 0.490 e. The normalized spacial score (nSPS) is 21.6. The van der Waals surface area contributed by atoms with E-state index in [0.717, 1.165) is 37.1 Å². The first kappa shape index (κ1) is 12.8. The second-order valence-corrected chi connectivity index (χ2v) is 5.77. The molecule has 19 heavy (non-hydrogen) atoms. The van der Waals surface area contributed by atoms with Gasteiger partial charge in [-0.3, -0.25) is 0 Å². The zero-order chi connectivity index (χ0) is 13.2. The molecule has 2 unspecified atom stereocenters. The van der Waals surface area contributed by atoms with E-state index in [-0.39, 0.29) is 0 Å². The van der Waals surface area contributed by atoms with Gasteiger partial charge in [0, 0.05) is 18.5 Å². The molecule has 0 radical (unpaired) electrons. The molecule has 0 spiro atoms. The Bertz CT molecular complexity index is 442. The number of fused-ring (bicyclic) bond motifs is 1. The maximum absolute atomic E-state index is 5.75. The molecule has 3 rings (SSSR count). The van der Waals surface area contributed by atoms with E-state index in [1.807, 2.05) is 6.07 Å². The summed E-state index contributed by atoms with van der Waals surface area (Å²) in [4.78, 5) is 0. The Morgan fingerprint density at radius 2 is 1.84 bits per heavy atom. The molecule has 1 aromatic carbocycles. The minimum absolute atomic E-state index is 0.354. The van der Waals surface area contributed by atoms with E-state index in [1.165, 1.54) is 18.4 Å². The summed E-state index contributed by atoms with van der Waals surface area (Å²) in [5.41, 5.74) is 1.27. The van der Waals surface area contributed by atoms with Gasteiger partial charge in [0.2, 0.25) is 0 Å². The van der Waals surface area contributed by atoms with Crippen molar-refractivity contribution < 1.29 is 9.47 Å². The first-order valence-corrected chi connectivity index (χ1v) is 7.39. The molecule has 2 atom stereocenters. The monoisotopic (exact) mass is 261 g/mol. The molecular formula is C16H23NO2. The van der Waals surface area contributed by atoms with Crippen LogP contribution in [-0.4, -0.2) is 19.3 Å². The van der Waals surface area contributed by atoms with Crippen LogP contribution in [0.15, 0.2) is 18.2 Å². The maximum Gasteiger partial charge on any atom is 0.161 e. The third-order valence-electron chi connectivity index (χ3n) is 4.11. The molecule has 2 aliphatic rings. The van der Waals surface area contributed by atoms with Crippen LogP contribution in [0.4, 0.5) is 0 Å². The van der Waals surface area contributed by atoms with Gasteiger partial charge in [-0.15, -0.1) is 0 Å². The van der Waals surface area contributed by atoms with E-state index in [2.05, 4.69) is 31.3 Å². The quantitative estimate of drug-likeness (QED) is 0.902. The van der Waals surface area contributed by atoms with Crippen molar-refractivity contribution in [2.75, 3.05) is 13.2 Å². The molecule has 1 aliphatic heterocycles. The van der Waals surface area contributed by atoms with Gasteiger partial charge in [-0.1, -0.05) is 6.07 Å². The van der Waals surface area contributed by atoms with Crippen LogP contribution in [0, 0.1) is 5.92 Å². The summed E-state index contributed by atoms with van der Waals surface area (Å²) in [6.07, 6.45) is 3.71. The van der Waals surface area contributed by atoms with Gasteiger partial charge >= 0.3 is 0 Å². The fraction of sp³-hybridized carbons (Fsp3) is 0.625. The highest BCUT2D eigenvalue weighted by molar-refractivity contribution is 5.44. The van der Waals surface area contributed by atoms with Crippen LogP contribution in [-0.2, 0) is 0 Å². The molecule has 0 aromatic heterocycles. The van der Waals surface area contributed by atoms with Crippen LogP contribution >= 0.6 is 0 Å². The molecule has 1 aromatic rings. The lowest BCUT2D eigenvalue weighted by Crippen LogP contribution is -2.30. The van der Waals surface area contributed by atoms with Gasteiger partial charge in [0.25, 0.3) is 0 Å². The van der Waals surface area contributed by atoms with Crippen LogP contribution in [0.3, 0.4) is 0 Å². The SMILES string of the molecule is CC(NC(C)C1CC1)c1ccc2c(c1)OCCCO2. The van der Waals surface area contributed by atoms with Gasteiger partial charge in [-0.25, -0.2) is 0 Å². The molecule has 1 fully saturated rings. The summed E-state index contributed by atoms with van der Waals surface area (Å²) < 4.78 is 11.4. The fourth-order valence-corrected chi connectivity index (χ4v) is 2.67. The Balaban J connectivity index is 1.71. The molecule has 0 amide bonds. The molecule has 1 heterocycles. The summed E-state index contributed by atoms with van der Waals surface area (Å²) in [6.45, 7) is 6.00. The van der Waals surface area contributed by atoms with Crippen LogP contribution in [0.1, 0.15) is 44.7 Å². The molecule has 0 saturated heterocycles. The van der Waals surface area contributed by atoms with Crippen molar-refractivity contribution in [2.24, 2.45) is 5.92 Å². The highest BCUT2D eigenvalue weighted by Crippen LogP contribution is 2.35. The van der Waals surface area contributed by atoms with Crippen molar-refractivity contribution in [3.63, 3.8) is 0 Å². The zero-order valence-electron chi connectivity index (χ0n) is 11.8. The Labute approximate surface area is 115 Å². The van der Waals surface area contributed by atoms with Gasteiger partial charge < -0.3 is 14.8 Å². The van der Waals surface area contributed by atoms with Crippen molar-refractivity contribution in [3.05, 3.63) is 23.8 Å². The van der Waals surface area contributed by atoms with E-state index < -0.39 is 0 Å². The van der Waals surface area contributed by atoms with Gasteiger partial charge in [-0.05, 0) is 50.3 Å². The summed E-state index contributed by atoms with van der Waals surface area (Å²) in [5.74, 6) is 2.65. The zero-order valence-corrected chi connectivity index (χ0v) is 11.8. The van der Waals surface area contributed by atoms with Crippen molar-refractivity contribution in [3.8, 4) is 11.5 Å². The first-order valence-electron chi connectivity index (χ1n) is 7.39. The second kappa shape index (κ2) is 5.41. The predicted molar refractivity (Wildman–Crippen MR) is 75.8 cm³/mol. The van der Waals surface area contributed by atoms with Crippen molar-refractivity contribution in [1.29, 1.82) is 0 Å². The molecule has 1 aliphatic carbocycles. The van der Waals surface area contributed by atoms with Gasteiger partial charge in [-0.2, -0.15) is 0 Å². The standard InChI is InChI=1S/C16H23NO2/c1-11(13-4-5-13)17-12(2)14-6-7-15-16(10-14)19-9-3-8-18-15/h6-7,10-13,17H,3-5,8-9H2,1-2H3. The number of rotatable bonds is 4. The molecule has 3 nitrogen and oxygen atoms in total. The van der Waals surface area contributed by atoms with E-state index in [1.54, 1.807) is 0 Å². The topological polar surface area (TPSA) is 30.5 Å². The van der Waals surface area contributed by atoms with Crippen LogP contribution < -0.4 is 14.8 Å². The molecule has 104 valence electrons. The van der Waals surface area contributed by atoms with Crippen molar-refractivity contribution in [1.82, 2.24) is 5.32 Å². The van der Waals surface area contributed by atoms with Gasteiger partial charge in [0.1, 0.15) is 0 Å². The maximum atomic E-state index is 5.75. The minimum atomic E-state index is 0.354. The molecule has 1 saturated carbocycles. The molecule has 0 bridgehead atoms. The Morgan fingerprint density at radius 3 is 2.58 bits per heavy atom. The number of benzene rings is 1. The van der Waals surface area contributed by atoms with Crippen LogP contribution in [0.25, 0.3) is 0 Å². The van der Waals surface area contributed by atoms with Crippen molar-refractivity contribution in [2.45, 2.75) is 45.2 Å². The Hall–Kier alpha value is -1.22. The Morgan fingerprint density at radius 1 is 1.11 bits per heavy atom. The highest BCUT2D eigenvalue weighted by atomic mass is 16.5. The first-order chi connectivity index (χ1) is 9.24. The summed E-state index contributed by atoms with van der Waals surface area (Å²) in [6, 6.07) is 7.26. The molecule has 1 N–H and O–H groups in total. The third kappa shape index (κ3) is 3.03. The van der Waals surface area contributed by atoms with Crippen molar-refractivity contribution >= 4 is 0 Å². The number of nitrogens with one attached hydrogen (secondary N) is 1. The summed E-state index contributed by atoms with van der Waals surface area (Å²) >= 11 is 0. The van der Waals surface area contributed by atoms with E-state index in [0.29, 0.717) is 12.1 Å². The minimum Gasteiger partial charge on any atom is -0.490 e. The smallest absolute Gasteiger partial charge is 0.161 e. The lowest BCUT2D eigenvalue weighted by atomic mass is 10.1. The second-order valence-electron chi connectivity index (χ2n) is 5.77. The third-order valence-corrected chi connectivity index (χ3v) is 4.11. The molecular weight excluding hydrogens is 238 g/mol. The lowest BCUT2D eigenvalue weighted by Gasteiger charge is -2.21. The number of ether oxygens (including phenoxy) is 2. The number of hydrogen-bond acceptors (Lipinski definition) is 3. The van der Waals surface area contributed by atoms with Crippen LogP contribution in [0.2, 0.25) is 0 Å². The lowest BCUT2D eigenvalue weighted by molar-refractivity contribution is 0.297. The summed E-state index contributed by atoms with van der Waals surface area (Å²) in [5, 5.41) is 3.68. The van der Waals surface area contributed by atoms with E-state index in [4.69, 9.17) is 9.47 Å². The summed E-state index contributed by atoms with van der Waals surface area (Å²) in [7, 11) is 0. The van der Waals surface area contributed by atoms with E-state index >= 15 is 0 Å². The Kier molecular flexibility index (Phi) is 3.65.